The van der Waals surface area contributed by atoms with Crippen molar-refractivity contribution in [2.45, 2.75) is 25.8 Å². The topological polar surface area (TPSA) is 46.2 Å². The zero-order valence-electron chi connectivity index (χ0n) is 11.1. The van der Waals surface area contributed by atoms with Crippen molar-refractivity contribution in [1.82, 2.24) is 5.32 Å². The van der Waals surface area contributed by atoms with Gasteiger partial charge in [0.05, 0.1) is 5.75 Å². The first-order valence-electron chi connectivity index (χ1n) is 6.16. The molecule has 0 spiro atoms. The van der Waals surface area contributed by atoms with E-state index >= 15 is 0 Å². The van der Waals surface area contributed by atoms with Gasteiger partial charge >= 0.3 is 0 Å². The van der Waals surface area contributed by atoms with Gasteiger partial charge in [0.15, 0.2) is 0 Å². The maximum absolute atomic E-state index is 13.1. The molecule has 1 aromatic rings. The van der Waals surface area contributed by atoms with Crippen LogP contribution in [0.3, 0.4) is 0 Å². The van der Waals surface area contributed by atoms with Crippen molar-refractivity contribution in [3.8, 4) is 0 Å². The quantitative estimate of drug-likeness (QED) is 0.835. The van der Waals surface area contributed by atoms with Crippen LogP contribution in [0.1, 0.15) is 18.9 Å². The number of halogens is 2. The van der Waals surface area contributed by atoms with Crippen LogP contribution in [0.4, 0.5) is 8.78 Å². The summed E-state index contributed by atoms with van der Waals surface area (Å²) in [7, 11) is -3.14. The van der Waals surface area contributed by atoms with E-state index in [9.17, 15) is 17.2 Å². The molecule has 0 saturated carbocycles. The van der Waals surface area contributed by atoms with Gasteiger partial charge in [-0.3, -0.25) is 0 Å². The number of sulfone groups is 1. The van der Waals surface area contributed by atoms with Crippen molar-refractivity contribution in [1.29, 1.82) is 0 Å². The lowest BCUT2D eigenvalue weighted by molar-refractivity contribution is 0.525. The van der Waals surface area contributed by atoms with E-state index in [4.69, 9.17) is 0 Å². The van der Waals surface area contributed by atoms with Gasteiger partial charge < -0.3 is 5.32 Å². The second-order valence-corrected chi connectivity index (χ2v) is 6.91. The van der Waals surface area contributed by atoms with Crippen LogP contribution in [-0.2, 0) is 16.3 Å². The molecule has 3 nitrogen and oxygen atoms in total. The Kier molecular flexibility index (Phi) is 5.87. The molecule has 0 aromatic heterocycles. The van der Waals surface area contributed by atoms with Crippen LogP contribution < -0.4 is 5.32 Å². The first-order chi connectivity index (χ1) is 8.80. The second kappa shape index (κ2) is 6.96. The summed E-state index contributed by atoms with van der Waals surface area (Å²) in [6.45, 7) is 2.63. The Morgan fingerprint density at radius 2 is 1.79 bits per heavy atom. The molecule has 0 aliphatic rings. The van der Waals surface area contributed by atoms with Crippen molar-refractivity contribution >= 4 is 9.84 Å². The number of rotatable bonds is 7. The molecule has 1 N–H and O–H groups in total. The molecule has 1 aromatic carbocycles. The largest absolute Gasteiger partial charge is 0.313 e. The molecule has 19 heavy (non-hydrogen) atoms. The predicted octanol–water partition coefficient (Wildman–Crippen LogP) is 1.92. The van der Waals surface area contributed by atoms with Gasteiger partial charge in [-0.15, -0.1) is 0 Å². The van der Waals surface area contributed by atoms with Crippen molar-refractivity contribution < 1.29 is 17.2 Å². The molecule has 1 rings (SSSR count). The third kappa shape index (κ3) is 6.63. The van der Waals surface area contributed by atoms with Gasteiger partial charge in [-0.05, 0) is 37.1 Å². The lowest BCUT2D eigenvalue weighted by Gasteiger charge is -2.17. The van der Waals surface area contributed by atoms with E-state index in [1.807, 2.05) is 6.92 Å². The summed E-state index contributed by atoms with van der Waals surface area (Å²) in [5, 5.41) is 3.09. The number of nitrogens with one attached hydrogen (secondary N) is 1. The van der Waals surface area contributed by atoms with E-state index in [1.54, 1.807) is 0 Å². The summed E-state index contributed by atoms with van der Waals surface area (Å²) in [4.78, 5) is 0. The molecule has 1 unspecified atom stereocenters. The average Bonchev–Trinajstić information content (AvgIpc) is 2.22. The summed E-state index contributed by atoms with van der Waals surface area (Å²) in [6, 6.07) is 2.92. The van der Waals surface area contributed by atoms with Gasteiger partial charge in [-0.25, -0.2) is 17.2 Å². The van der Waals surface area contributed by atoms with E-state index < -0.39 is 21.5 Å². The Morgan fingerprint density at radius 3 is 2.26 bits per heavy atom. The molecule has 0 amide bonds. The minimum Gasteiger partial charge on any atom is -0.313 e. The van der Waals surface area contributed by atoms with Crippen LogP contribution in [0.2, 0.25) is 0 Å². The Morgan fingerprint density at radius 1 is 1.21 bits per heavy atom. The van der Waals surface area contributed by atoms with E-state index in [0.717, 1.165) is 18.7 Å². The predicted molar refractivity (Wildman–Crippen MR) is 71.9 cm³/mol. The van der Waals surface area contributed by atoms with Crippen LogP contribution in [0.15, 0.2) is 18.2 Å². The Bertz CT molecular complexity index is 497. The maximum Gasteiger partial charge on any atom is 0.148 e. The highest BCUT2D eigenvalue weighted by Crippen LogP contribution is 2.11. The van der Waals surface area contributed by atoms with Gasteiger partial charge in [-0.1, -0.05) is 6.92 Å². The van der Waals surface area contributed by atoms with Gasteiger partial charge in [-0.2, -0.15) is 0 Å². The van der Waals surface area contributed by atoms with Crippen molar-refractivity contribution in [3.63, 3.8) is 0 Å². The van der Waals surface area contributed by atoms with Gasteiger partial charge in [0.2, 0.25) is 0 Å². The molecular formula is C13H19F2NO2S. The Balaban J connectivity index is 2.80. The van der Waals surface area contributed by atoms with Crippen LogP contribution in [0.5, 0.6) is 0 Å². The summed E-state index contributed by atoms with van der Waals surface area (Å²) in [5.74, 6) is -1.35. The fourth-order valence-corrected chi connectivity index (χ4v) is 2.88. The molecule has 6 heteroatoms. The highest BCUT2D eigenvalue weighted by atomic mass is 32.2. The van der Waals surface area contributed by atoms with Gasteiger partial charge in [0.1, 0.15) is 21.5 Å². The van der Waals surface area contributed by atoms with E-state index in [0.29, 0.717) is 12.1 Å². The minimum atomic E-state index is -3.14. The van der Waals surface area contributed by atoms with Crippen LogP contribution in [0, 0.1) is 11.6 Å². The molecule has 0 fully saturated rings. The molecule has 0 aliphatic carbocycles. The van der Waals surface area contributed by atoms with Crippen LogP contribution in [-0.4, -0.2) is 33.0 Å². The average molecular weight is 291 g/mol. The molecule has 0 heterocycles. The number of hydrogen-bond acceptors (Lipinski definition) is 3. The molecule has 0 radical (unpaired) electrons. The monoisotopic (exact) mass is 291 g/mol. The summed E-state index contributed by atoms with van der Waals surface area (Å²) in [6.07, 6.45) is 2.29. The summed E-state index contributed by atoms with van der Waals surface area (Å²) < 4.78 is 48.9. The SMILES string of the molecule is CCCNC(Cc1cc(F)cc(F)c1)CS(C)(=O)=O. The van der Waals surface area contributed by atoms with E-state index in [-0.39, 0.29) is 18.2 Å². The minimum absolute atomic E-state index is 0.0505. The van der Waals surface area contributed by atoms with Crippen molar-refractivity contribution in [2.24, 2.45) is 0 Å². The highest BCUT2D eigenvalue weighted by Gasteiger charge is 2.16. The molecule has 0 saturated heterocycles. The highest BCUT2D eigenvalue weighted by molar-refractivity contribution is 7.90. The number of benzene rings is 1. The number of hydrogen-bond donors (Lipinski definition) is 1. The third-order valence-corrected chi connectivity index (χ3v) is 3.60. The van der Waals surface area contributed by atoms with Crippen LogP contribution in [0.25, 0.3) is 0 Å². The molecule has 0 bridgehead atoms. The standard InChI is InChI=1S/C13H19F2NO2S/c1-3-4-16-13(9-19(2,17)18)7-10-5-11(14)8-12(15)6-10/h5-6,8,13,16H,3-4,7,9H2,1-2H3. The van der Waals surface area contributed by atoms with E-state index in [1.165, 1.54) is 12.1 Å². The van der Waals surface area contributed by atoms with Gasteiger partial charge in [0.25, 0.3) is 0 Å². The Hall–Kier alpha value is -1.01. The lowest BCUT2D eigenvalue weighted by atomic mass is 10.1. The first-order valence-corrected chi connectivity index (χ1v) is 8.22. The Labute approximate surface area is 112 Å². The van der Waals surface area contributed by atoms with Crippen molar-refractivity contribution in [2.75, 3.05) is 18.6 Å². The summed E-state index contributed by atoms with van der Waals surface area (Å²) >= 11 is 0. The molecule has 108 valence electrons. The lowest BCUT2D eigenvalue weighted by Crippen LogP contribution is -2.37. The third-order valence-electron chi connectivity index (χ3n) is 2.59. The fourth-order valence-electron chi connectivity index (χ4n) is 1.92. The van der Waals surface area contributed by atoms with Crippen LogP contribution >= 0.6 is 0 Å². The zero-order valence-corrected chi connectivity index (χ0v) is 11.9. The first kappa shape index (κ1) is 16.0. The summed E-state index contributed by atoms with van der Waals surface area (Å²) in [5.41, 5.74) is 0.453. The van der Waals surface area contributed by atoms with E-state index in [2.05, 4.69) is 5.32 Å². The van der Waals surface area contributed by atoms with Gasteiger partial charge in [0, 0.05) is 18.4 Å². The maximum atomic E-state index is 13.1. The smallest absolute Gasteiger partial charge is 0.148 e. The normalized spacial score (nSPS) is 13.5. The van der Waals surface area contributed by atoms with Crippen molar-refractivity contribution in [3.05, 3.63) is 35.4 Å². The molecular weight excluding hydrogens is 272 g/mol. The second-order valence-electron chi connectivity index (χ2n) is 4.73. The molecule has 1 atom stereocenters. The zero-order chi connectivity index (χ0) is 14.5. The fraction of sp³-hybridized carbons (Fsp3) is 0.538. The molecule has 0 aliphatic heterocycles.